The van der Waals surface area contributed by atoms with Gasteiger partial charge in [0.1, 0.15) is 15.9 Å². The minimum atomic E-state index is -3.64. The minimum Gasteiger partial charge on any atom is -0.462 e. The lowest BCUT2D eigenvalue weighted by molar-refractivity contribution is 0.0531. The highest BCUT2D eigenvalue weighted by Gasteiger charge is 2.32. The molecule has 10 heteroatoms. The van der Waals surface area contributed by atoms with E-state index in [1.54, 1.807) is 18.2 Å². The van der Waals surface area contributed by atoms with Gasteiger partial charge < -0.3 is 10.1 Å². The van der Waals surface area contributed by atoms with Crippen molar-refractivity contribution in [3.05, 3.63) is 45.8 Å². The maximum atomic E-state index is 13.1. The molecular weight excluding hydrogens is 462 g/mol. The molecule has 3 rings (SSSR count). The summed E-state index contributed by atoms with van der Waals surface area (Å²) >= 11 is 0.979. The van der Waals surface area contributed by atoms with E-state index in [4.69, 9.17) is 4.74 Å². The standard InChI is InChI=1S/C23H27N3O5S2/c1-4-17-8-6-7-13-26(17)33(29,30)18-11-9-16(10-12-18)21(27)25-22-19(14-24)15(3)20(32-22)23(28)31-5-2/h9-12,17H,4-8,13H2,1-3H3,(H,25,27). The molecule has 176 valence electrons. The van der Waals surface area contributed by atoms with E-state index in [1.807, 2.05) is 13.0 Å². The Morgan fingerprint density at radius 3 is 2.55 bits per heavy atom. The third-order valence-electron chi connectivity index (χ3n) is 5.71. The topological polar surface area (TPSA) is 117 Å². The zero-order chi connectivity index (χ0) is 24.2. The maximum absolute atomic E-state index is 13.1. The molecule has 2 heterocycles. The van der Waals surface area contributed by atoms with Crippen LogP contribution in [-0.4, -0.2) is 43.8 Å². The lowest BCUT2D eigenvalue weighted by Crippen LogP contribution is -2.43. The fraction of sp³-hybridized carbons (Fsp3) is 0.435. The van der Waals surface area contributed by atoms with Crippen molar-refractivity contribution in [2.75, 3.05) is 18.5 Å². The second kappa shape index (κ2) is 10.5. The average molecular weight is 490 g/mol. The number of rotatable bonds is 7. The third-order valence-corrected chi connectivity index (χ3v) is 8.87. The van der Waals surface area contributed by atoms with E-state index >= 15 is 0 Å². The molecule has 1 saturated heterocycles. The van der Waals surface area contributed by atoms with Crippen LogP contribution in [0, 0.1) is 18.3 Å². The van der Waals surface area contributed by atoms with E-state index in [0.29, 0.717) is 12.1 Å². The number of sulfonamides is 1. The Kier molecular flexibility index (Phi) is 7.89. The summed E-state index contributed by atoms with van der Waals surface area (Å²) in [7, 11) is -3.64. The molecule has 33 heavy (non-hydrogen) atoms. The smallest absolute Gasteiger partial charge is 0.348 e. The predicted octanol–water partition coefficient (Wildman–Crippen LogP) is 4.31. The van der Waals surface area contributed by atoms with Crippen LogP contribution in [0.1, 0.15) is 70.7 Å². The highest BCUT2D eigenvalue weighted by atomic mass is 32.2. The van der Waals surface area contributed by atoms with Crippen LogP contribution in [0.4, 0.5) is 5.00 Å². The number of thiophene rings is 1. The van der Waals surface area contributed by atoms with Crippen molar-refractivity contribution in [2.24, 2.45) is 0 Å². The van der Waals surface area contributed by atoms with E-state index in [-0.39, 0.29) is 38.5 Å². The Labute approximate surface area is 198 Å². The summed E-state index contributed by atoms with van der Waals surface area (Å²) in [5.74, 6) is -1.05. The number of ether oxygens (including phenoxy) is 1. The summed E-state index contributed by atoms with van der Waals surface area (Å²) in [6.07, 6.45) is 3.47. The molecule has 0 aliphatic carbocycles. The lowest BCUT2D eigenvalue weighted by atomic mass is 10.0. The Bertz CT molecular complexity index is 1180. The van der Waals surface area contributed by atoms with Crippen molar-refractivity contribution in [1.82, 2.24) is 4.31 Å². The zero-order valence-corrected chi connectivity index (χ0v) is 20.5. The van der Waals surface area contributed by atoms with Crippen LogP contribution in [0.5, 0.6) is 0 Å². The van der Waals surface area contributed by atoms with Crippen molar-refractivity contribution in [1.29, 1.82) is 5.26 Å². The van der Waals surface area contributed by atoms with Crippen molar-refractivity contribution >= 4 is 38.2 Å². The molecular formula is C23H27N3O5S2. The number of esters is 1. The number of anilines is 1. The molecule has 1 aromatic heterocycles. The van der Waals surface area contributed by atoms with Gasteiger partial charge in [-0.25, -0.2) is 13.2 Å². The van der Waals surface area contributed by atoms with Gasteiger partial charge in [0.05, 0.1) is 17.1 Å². The van der Waals surface area contributed by atoms with Gasteiger partial charge in [-0.2, -0.15) is 9.57 Å². The molecule has 1 unspecified atom stereocenters. The predicted molar refractivity (Wildman–Crippen MR) is 126 cm³/mol. The van der Waals surface area contributed by atoms with Crippen LogP contribution in [0.25, 0.3) is 0 Å². The molecule has 1 aliphatic rings. The molecule has 1 atom stereocenters. The summed E-state index contributed by atoms with van der Waals surface area (Å²) in [5.41, 5.74) is 0.892. The number of hydrogen-bond donors (Lipinski definition) is 1. The van der Waals surface area contributed by atoms with Gasteiger partial charge in [-0.15, -0.1) is 11.3 Å². The summed E-state index contributed by atoms with van der Waals surface area (Å²) in [4.78, 5) is 25.3. The second-order valence-corrected chi connectivity index (χ2v) is 10.7. The van der Waals surface area contributed by atoms with Gasteiger partial charge in [-0.3, -0.25) is 4.79 Å². The summed E-state index contributed by atoms with van der Waals surface area (Å²) in [6, 6.07) is 7.77. The fourth-order valence-electron chi connectivity index (χ4n) is 3.91. The number of hydrogen-bond acceptors (Lipinski definition) is 7. The van der Waals surface area contributed by atoms with Crippen LogP contribution in [-0.2, 0) is 14.8 Å². The molecule has 1 amide bonds. The molecule has 0 spiro atoms. The van der Waals surface area contributed by atoms with Crippen molar-refractivity contribution in [2.45, 2.75) is 57.4 Å². The van der Waals surface area contributed by atoms with Gasteiger partial charge in [0.2, 0.25) is 10.0 Å². The SMILES string of the molecule is CCOC(=O)c1sc(NC(=O)c2ccc(S(=O)(=O)N3CCCCC3CC)cc2)c(C#N)c1C. The second-order valence-electron chi connectivity index (χ2n) is 7.74. The van der Waals surface area contributed by atoms with Crippen LogP contribution >= 0.6 is 11.3 Å². The lowest BCUT2D eigenvalue weighted by Gasteiger charge is -2.34. The highest BCUT2D eigenvalue weighted by Crippen LogP contribution is 2.33. The van der Waals surface area contributed by atoms with Gasteiger partial charge in [-0.05, 0) is 62.9 Å². The Morgan fingerprint density at radius 2 is 1.94 bits per heavy atom. The van der Waals surface area contributed by atoms with Crippen LogP contribution in [0.2, 0.25) is 0 Å². The third kappa shape index (κ3) is 5.11. The number of nitriles is 1. The first-order chi connectivity index (χ1) is 15.7. The fourth-order valence-corrected chi connectivity index (χ4v) is 6.73. The van der Waals surface area contributed by atoms with Gasteiger partial charge >= 0.3 is 5.97 Å². The first-order valence-corrected chi connectivity index (χ1v) is 13.1. The molecule has 1 N–H and O–H groups in total. The van der Waals surface area contributed by atoms with E-state index < -0.39 is 21.9 Å². The van der Waals surface area contributed by atoms with Gasteiger partial charge in [0, 0.05) is 18.2 Å². The van der Waals surface area contributed by atoms with Crippen molar-refractivity contribution < 1.29 is 22.7 Å². The summed E-state index contributed by atoms with van der Waals surface area (Å²) < 4.78 is 32.8. The number of piperidine rings is 1. The van der Waals surface area contributed by atoms with Gasteiger partial charge in [0.15, 0.2) is 0 Å². The molecule has 1 aromatic carbocycles. The Hall–Kier alpha value is -2.74. The molecule has 1 aliphatic heterocycles. The quantitative estimate of drug-likeness (QED) is 0.579. The first kappa shape index (κ1) is 24.9. The Balaban J connectivity index is 1.81. The van der Waals surface area contributed by atoms with E-state index in [0.717, 1.165) is 37.0 Å². The number of benzene rings is 1. The van der Waals surface area contributed by atoms with Crippen LogP contribution < -0.4 is 5.32 Å². The van der Waals surface area contributed by atoms with E-state index in [9.17, 15) is 23.3 Å². The first-order valence-electron chi connectivity index (χ1n) is 10.9. The minimum absolute atomic E-state index is 0.00760. The molecule has 0 saturated carbocycles. The number of amides is 1. The van der Waals surface area contributed by atoms with Crippen LogP contribution in [0.15, 0.2) is 29.2 Å². The molecule has 1 fully saturated rings. The number of nitrogens with zero attached hydrogens (tertiary/aromatic N) is 2. The number of nitrogens with one attached hydrogen (secondary N) is 1. The zero-order valence-electron chi connectivity index (χ0n) is 18.9. The van der Waals surface area contributed by atoms with Gasteiger partial charge in [-0.1, -0.05) is 13.3 Å². The number of carbonyl (C=O) groups is 2. The Morgan fingerprint density at radius 1 is 1.24 bits per heavy atom. The van der Waals surface area contributed by atoms with Crippen LogP contribution in [0.3, 0.4) is 0 Å². The highest BCUT2D eigenvalue weighted by molar-refractivity contribution is 7.89. The summed E-state index contributed by atoms with van der Waals surface area (Å²) in [6.45, 7) is 6.00. The number of carbonyl (C=O) groups excluding carboxylic acids is 2. The van der Waals surface area contributed by atoms with E-state index in [2.05, 4.69) is 5.32 Å². The largest absolute Gasteiger partial charge is 0.462 e. The van der Waals surface area contributed by atoms with E-state index in [1.165, 1.54) is 24.3 Å². The normalized spacial score (nSPS) is 16.7. The monoisotopic (exact) mass is 489 g/mol. The summed E-state index contributed by atoms with van der Waals surface area (Å²) in [5, 5.41) is 12.4. The molecule has 8 nitrogen and oxygen atoms in total. The van der Waals surface area contributed by atoms with Gasteiger partial charge in [0.25, 0.3) is 5.91 Å². The maximum Gasteiger partial charge on any atom is 0.348 e. The molecule has 2 aromatic rings. The average Bonchev–Trinajstić information content (AvgIpc) is 3.14. The van der Waals surface area contributed by atoms with Crippen molar-refractivity contribution in [3.63, 3.8) is 0 Å². The van der Waals surface area contributed by atoms with Crippen molar-refractivity contribution in [3.8, 4) is 6.07 Å². The molecule has 0 radical (unpaired) electrons. The molecule has 0 bridgehead atoms.